The lowest BCUT2D eigenvalue weighted by Gasteiger charge is -2.07. The molecule has 6 nitrogen and oxygen atoms in total. The number of nitrogens with one attached hydrogen (secondary N) is 1. The van der Waals surface area contributed by atoms with Crippen molar-refractivity contribution in [2.24, 2.45) is 0 Å². The summed E-state index contributed by atoms with van der Waals surface area (Å²) in [4.78, 5) is 11.6. The first-order valence-electron chi connectivity index (χ1n) is 6.36. The van der Waals surface area contributed by atoms with Gasteiger partial charge in [0.25, 0.3) is 0 Å². The summed E-state index contributed by atoms with van der Waals surface area (Å²) in [6, 6.07) is 6.25. The number of amides is 1. The molecule has 1 aromatic carbocycles. The summed E-state index contributed by atoms with van der Waals surface area (Å²) in [6.45, 7) is 3.76. The standard InChI is InChI=1S/C13H16FN5OS/c1-8(2)16-11(20)7-21-13-18-17-12(19(13)15)9-5-3-4-6-10(9)14/h3-6,8H,7,15H2,1-2H3,(H,16,20). The summed E-state index contributed by atoms with van der Waals surface area (Å²) >= 11 is 1.15. The van der Waals surface area contributed by atoms with Crippen molar-refractivity contribution in [1.82, 2.24) is 20.2 Å². The molecular weight excluding hydrogens is 293 g/mol. The van der Waals surface area contributed by atoms with Gasteiger partial charge in [-0.1, -0.05) is 23.9 Å². The average Bonchev–Trinajstić information content (AvgIpc) is 2.77. The van der Waals surface area contributed by atoms with Crippen LogP contribution in [0.2, 0.25) is 0 Å². The first-order chi connectivity index (χ1) is 9.99. The number of carbonyl (C=O) groups excluding carboxylic acids is 1. The van der Waals surface area contributed by atoms with Crippen LogP contribution in [0, 0.1) is 5.82 Å². The number of nitrogen functional groups attached to an aromatic ring is 1. The highest BCUT2D eigenvalue weighted by Gasteiger charge is 2.16. The summed E-state index contributed by atoms with van der Waals surface area (Å²) in [5.41, 5.74) is 0.269. The summed E-state index contributed by atoms with van der Waals surface area (Å²) in [6.07, 6.45) is 0. The number of hydrogen-bond acceptors (Lipinski definition) is 5. The number of hydrogen-bond donors (Lipinski definition) is 2. The van der Waals surface area contributed by atoms with Crippen molar-refractivity contribution in [2.45, 2.75) is 25.0 Å². The monoisotopic (exact) mass is 309 g/mol. The van der Waals surface area contributed by atoms with Crippen molar-refractivity contribution in [3.63, 3.8) is 0 Å². The third-order valence-electron chi connectivity index (χ3n) is 2.56. The molecule has 0 fully saturated rings. The van der Waals surface area contributed by atoms with Crippen molar-refractivity contribution in [2.75, 3.05) is 11.6 Å². The van der Waals surface area contributed by atoms with Crippen molar-refractivity contribution in [3.05, 3.63) is 30.1 Å². The first kappa shape index (κ1) is 15.3. The highest BCUT2D eigenvalue weighted by Crippen LogP contribution is 2.23. The Morgan fingerprint density at radius 1 is 1.43 bits per heavy atom. The van der Waals surface area contributed by atoms with Crippen molar-refractivity contribution >= 4 is 17.7 Å². The minimum absolute atomic E-state index is 0.0721. The Hall–Kier alpha value is -2.09. The van der Waals surface area contributed by atoms with Gasteiger partial charge in [0.05, 0.1) is 11.3 Å². The Balaban J connectivity index is 2.11. The molecule has 2 rings (SSSR count). The van der Waals surface area contributed by atoms with E-state index in [-0.39, 0.29) is 29.1 Å². The quantitative estimate of drug-likeness (QED) is 0.644. The second-order valence-corrected chi connectivity index (χ2v) is 5.61. The van der Waals surface area contributed by atoms with Gasteiger partial charge >= 0.3 is 0 Å². The number of nitrogens with zero attached hydrogens (tertiary/aromatic N) is 3. The van der Waals surface area contributed by atoms with Crippen LogP contribution in [-0.2, 0) is 4.79 Å². The Labute approximate surface area is 125 Å². The number of thioether (sulfide) groups is 1. The van der Waals surface area contributed by atoms with Crippen molar-refractivity contribution in [1.29, 1.82) is 0 Å². The largest absolute Gasteiger partial charge is 0.353 e. The molecule has 0 atom stereocenters. The van der Waals surface area contributed by atoms with Crippen LogP contribution in [0.1, 0.15) is 13.8 Å². The van der Waals surface area contributed by atoms with Gasteiger partial charge in [-0.3, -0.25) is 4.79 Å². The SMILES string of the molecule is CC(C)NC(=O)CSc1nnc(-c2ccccc2F)n1N. The maximum atomic E-state index is 13.7. The Morgan fingerprint density at radius 3 is 2.81 bits per heavy atom. The van der Waals surface area contributed by atoms with Crippen LogP contribution in [0.25, 0.3) is 11.4 Å². The Morgan fingerprint density at radius 2 is 2.14 bits per heavy atom. The second-order valence-electron chi connectivity index (χ2n) is 4.67. The number of halogens is 1. The molecule has 0 bridgehead atoms. The molecule has 0 radical (unpaired) electrons. The van der Waals surface area contributed by atoms with Gasteiger partial charge in [0, 0.05) is 6.04 Å². The van der Waals surface area contributed by atoms with Crippen LogP contribution >= 0.6 is 11.8 Å². The zero-order valence-corrected chi connectivity index (χ0v) is 12.5. The van der Waals surface area contributed by atoms with Gasteiger partial charge in [-0.2, -0.15) is 0 Å². The topological polar surface area (TPSA) is 85.8 Å². The van der Waals surface area contributed by atoms with E-state index in [1.807, 2.05) is 13.8 Å². The molecule has 8 heteroatoms. The summed E-state index contributed by atoms with van der Waals surface area (Å²) in [5, 5.41) is 10.9. The highest BCUT2D eigenvalue weighted by molar-refractivity contribution is 7.99. The molecule has 21 heavy (non-hydrogen) atoms. The molecule has 0 saturated carbocycles. The van der Waals surface area contributed by atoms with Gasteiger partial charge in [-0.25, -0.2) is 9.07 Å². The molecule has 0 aliphatic carbocycles. The fraction of sp³-hybridized carbons (Fsp3) is 0.308. The molecule has 1 amide bonds. The van der Waals surface area contributed by atoms with Crippen LogP contribution in [0.15, 0.2) is 29.4 Å². The van der Waals surface area contributed by atoms with Gasteiger partial charge in [-0.15, -0.1) is 10.2 Å². The van der Waals surface area contributed by atoms with E-state index in [1.165, 1.54) is 10.7 Å². The van der Waals surface area contributed by atoms with Crippen LogP contribution in [0.3, 0.4) is 0 Å². The second kappa shape index (κ2) is 6.57. The van der Waals surface area contributed by atoms with Crippen LogP contribution in [0.4, 0.5) is 4.39 Å². The summed E-state index contributed by atoms with van der Waals surface area (Å²) in [7, 11) is 0. The molecule has 1 aromatic heterocycles. The van der Waals surface area contributed by atoms with Crippen LogP contribution in [0.5, 0.6) is 0 Å². The van der Waals surface area contributed by atoms with Gasteiger partial charge < -0.3 is 11.2 Å². The zero-order valence-electron chi connectivity index (χ0n) is 11.7. The van der Waals surface area contributed by atoms with E-state index in [1.54, 1.807) is 18.2 Å². The number of nitrogens with two attached hydrogens (primary N) is 1. The smallest absolute Gasteiger partial charge is 0.230 e. The molecule has 112 valence electrons. The van der Waals surface area contributed by atoms with Gasteiger partial charge in [0.2, 0.25) is 11.1 Å². The lowest BCUT2D eigenvalue weighted by molar-refractivity contribution is -0.119. The Bertz CT molecular complexity index is 643. The van der Waals surface area contributed by atoms with Gasteiger partial charge in [-0.05, 0) is 26.0 Å². The maximum absolute atomic E-state index is 13.7. The third kappa shape index (κ3) is 3.72. The molecule has 0 aliphatic rings. The number of carbonyl (C=O) groups is 1. The molecule has 0 aliphatic heterocycles. The van der Waals surface area contributed by atoms with Gasteiger partial charge in [0.1, 0.15) is 5.82 Å². The number of benzene rings is 1. The van der Waals surface area contributed by atoms with E-state index in [9.17, 15) is 9.18 Å². The minimum Gasteiger partial charge on any atom is -0.353 e. The Kier molecular flexibility index (Phi) is 4.79. The molecule has 0 saturated heterocycles. The summed E-state index contributed by atoms with van der Waals surface area (Å²) in [5.74, 6) is 5.71. The predicted molar refractivity (Wildman–Crippen MR) is 79.6 cm³/mol. The normalized spacial score (nSPS) is 10.9. The zero-order chi connectivity index (χ0) is 15.4. The lowest BCUT2D eigenvalue weighted by atomic mass is 10.2. The fourth-order valence-corrected chi connectivity index (χ4v) is 2.36. The van der Waals surface area contributed by atoms with E-state index >= 15 is 0 Å². The maximum Gasteiger partial charge on any atom is 0.230 e. The number of rotatable bonds is 5. The number of aromatic nitrogens is 3. The molecule has 2 aromatic rings. The van der Waals surface area contributed by atoms with E-state index in [0.717, 1.165) is 11.8 Å². The van der Waals surface area contributed by atoms with E-state index < -0.39 is 5.82 Å². The van der Waals surface area contributed by atoms with Crippen LogP contribution in [-0.4, -0.2) is 32.6 Å². The summed E-state index contributed by atoms with van der Waals surface area (Å²) < 4.78 is 14.9. The minimum atomic E-state index is -0.425. The van der Waals surface area contributed by atoms with Crippen molar-refractivity contribution in [3.8, 4) is 11.4 Å². The van der Waals surface area contributed by atoms with Crippen LogP contribution < -0.4 is 11.2 Å². The molecule has 0 spiro atoms. The predicted octanol–water partition coefficient (Wildman–Crippen LogP) is 1.41. The van der Waals surface area contributed by atoms with Gasteiger partial charge in [0.15, 0.2) is 5.82 Å². The van der Waals surface area contributed by atoms with E-state index in [2.05, 4.69) is 15.5 Å². The van der Waals surface area contributed by atoms with Crippen molar-refractivity contribution < 1.29 is 9.18 Å². The van der Waals surface area contributed by atoms with E-state index in [0.29, 0.717) is 5.16 Å². The molecular formula is C13H16FN5OS. The average molecular weight is 309 g/mol. The fourth-order valence-electron chi connectivity index (χ4n) is 1.70. The first-order valence-corrected chi connectivity index (χ1v) is 7.35. The van der Waals surface area contributed by atoms with E-state index in [4.69, 9.17) is 5.84 Å². The molecule has 3 N–H and O–H groups in total. The molecule has 0 unspecified atom stereocenters. The highest BCUT2D eigenvalue weighted by atomic mass is 32.2. The third-order valence-corrected chi connectivity index (χ3v) is 3.50. The molecule has 1 heterocycles. The lowest BCUT2D eigenvalue weighted by Crippen LogP contribution is -2.31.